The van der Waals surface area contributed by atoms with E-state index in [1.54, 1.807) is 6.07 Å². The molecular weight excluding hydrogens is 178 g/mol. The van der Waals surface area contributed by atoms with Gasteiger partial charge in [-0.05, 0) is 32.9 Å². The predicted molar refractivity (Wildman–Crippen MR) is 56.1 cm³/mol. The Labute approximate surface area is 84.6 Å². The largest absolute Gasteiger partial charge is 0.390 e. The van der Waals surface area contributed by atoms with Crippen LogP contribution < -0.4 is 4.90 Å². The number of nitrogens with zero attached hydrogens (tertiary/aromatic N) is 3. The second kappa shape index (κ2) is 4.91. The fourth-order valence-corrected chi connectivity index (χ4v) is 1.38. The monoisotopic (exact) mass is 195 g/mol. The van der Waals surface area contributed by atoms with Crippen LogP contribution in [0.15, 0.2) is 12.1 Å². The van der Waals surface area contributed by atoms with E-state index in [4.69, 9.17) is 5.11 Å². The molecule has 1 aromatic heterocycles. The average Bonchev–Trinajstić information content (AvgIpc) is 2.19. The first-order chi connectivity index (χ1) is 6.69. The molecule has 0 bridgehead atoms. The Morgan fingerprint density at radius 3 is 2.43 bits per heavy atom. The van der Waals surface area contributed by atoms with Crippen LogP contribution in [0.25, 0.3) is 0 Å². The summed E-state index contributed by atoms with van der Waals surface area (Å²) in [5.41, 5.74) is 0.605. The van der Waals surface area contributed by atoms with E-state index in [1.165, 1.54) is 0 Å². The molecule has 0 spiro atoms. The summed E-state index contributed by atoms with van der Waals surface area (Å²) in [5, 5.41) is 16.8. The fraction of sp³-hybridized carbons (Fsp3) is 0.600. The van der Waals surface area contributed by atoms with Gasteiger partial charge < -0.3 is 10.0 Å². The van der Waals surface area contributed by atoms with Crippen molar-refractivity contribution < 1.29 is 5.11 Å². The topological polar surface area (TPSA) is 49.2 Å². The first-order valence-electron chi connectivity index (χ1n) is 4.89. The van der Waals surface area contributed by atoms with Gasteiger partial charge in [0.05, 0.1) is 12.3 Å². The Bertz CT molecular complexity index is 271. The maximum Gasteiger partial charge on any atom is 0.151 e. The first kappa shape index (κ1) is 10.9. The molecule has 0 aliphatic rings. The lowest BCUT2D eigenvalue weighted by atomic mass is 10.3. The van der Waals surface area contributed by atoms with E-state index < -0.39 is 0 Å². The number of hydrogen-bond acceptors (Lipinski definition) is 4. The molecule has 0 saturated carbocycles. The second-order valence-electron chi connectivity index (χ2n) is 3.42. The van der Waals surface area contributed by atoms with E-state index in [-0.39, 0.29) is 6.61 Å². The molecule has 1 rings (SSSR count). The minimum atomic E-state index is -0.0545. The third kappa shape index (κ3) is 2.42. The number of aliphatic hydroxyl groups excluding tert-OH is 1. The molecule has 0 unspecified atom stereocenters. The molecule has 14 heavy (non-hydrogen) atoms. The molecule has 1 aromatic rings. The van der Waals surface area contributed by atoms with Gasteiger partial charge in [0.1, 0.15) is 0 Å². The van der Waals surface area contributed by atoms with Gasteiger partial charge in [-0.15, -0.1) is 5.10 Å². The lowest BCUT2D eigenvalue weighted by molar-refractivity contribution is 0.275. The summed E-state index contributed by atoms with van der Waals surface area (Å²) in [6, 6.07) is 4.10. The van der Waals surface area contributed by atoms with Crippen molar-refractivity contribution in [2.45, 2.75) is 33.4 Å². The van der Waals surface area contributed by atoms with Gasteiger partial charge in [0.25, 0.3) is 0 Å². The van der Waals surface area contributed by atoms with Crippen molar-refractivity contribution in [1.82, 2.24) is 10.2 Å². The SMILES string of the molecule is CCN(c1ccc(CO)nn1)C(C)C. The zero-order chi connectivity index (χ0) is 10.6. The highest BCUT2D eigenvalue weighted by Gasteiger charge is 2.09. The van der Waals surface area contributed by atoms with Crippen molar-refractivity contribution in [3.8, 4) is 0 Å². The lowest BCUT2D eigenvalue weighted by Crippen LogP contribution is -2.31. The molecule has 4 nitrogen and oxygen atoms in total. The molecule has 0 saturated heterocycles. The van der Waals surface area contributed by atoms with Gasteiger partial charge in [-0.2, -0.15) is 5.10 Å². The second-order valence-corrected chi connectivity index (χ2v) is 3.42. The van der Waals surface area contributed by atoms with Crippen molar-refractivity contribution >= 4 is 5.82 Å². The molecule has 0 radical (unpaired) electrons. The van der Waals surface area contributed by atoms with Gasteiger partial charge in [0.15, 0.2) is 5.82 Å². The average molecular weight is 195 g/mol. The predicted octanol–water partition coefficient (Wildman–Crippen LogP) is 1.20. The van der Waals surface area contributed by atoms with Crippen molar-refractivity contribution in [1.29, 1.82) is 0 Å². The Balaban J connectivity index is 2.84. The molecule has 1 heterocycles. The minimum absolute atomic E-state index is 0.0545. The summed E-state index contributed by atoms with van der Waals surface area (Å²) < 4.78 is 0. The standard InChI is InChI=1S/C10H17N3O/c1-4-13(8(2)3)10-6-5-9(7-14)11-12-10/h5-6,8,14H,4,7H2,1-3H3. The summed E-state index contributed by atoms with van der Waals surface area (Å²) in [5.74, 6) is 0.861. The summed E-state index contributed by atoms with van der Waals surface area (Å²) in [4.78, 5) is 2.15. The number of aliphatic hydroxyl groups is 1. The third-order valence-corrected chi connectivity index (χ3v) is 2.13. The van der Waals surface area contributed by atoms with E-state index in [1.807, 2.05) is 6.07 Å². The Hall–Kier alpha value is -1.16. The molecular formula is C10H17N3O. The number of rotatable bonds is 4. The Kier molecular flexibility index (Phi) is 3.83. The van der Waals surface area contributed by atoms with Gasteiger partial charge in [-0.25, -0.2) is 0 Å². The van der Waals surface area contributed by atoms with Crippen LogP contribution in [0.1, 0.15) is 26.5 Å². The third-order valence-electron chi connectivity index (χ3n) is 2.13. The molecule has 0 aromatic carbocycles. The number of hydrogen-bond donors (Lipinski definition) is 1. The molecule has 0 amide bonds. The molecule has 1 N–H and O–H groups in total. The normalized spacial score (nSPS) is 10.6. The maximum atomic E-state index is 8.82. The van der Waals surface area contributed by atoms with E-state index >= 15 is 0 Å². The zero-order valence-corrected chi connectivity index (χ0v) is 8.94. The fourth-order valence-electron chi connectivity index (χ4n) is 1.38. The van der Waals surface area contributed by atoms with Crippen molar-refractivity contribution in [3.63, 3.8) is 0 Å². The van der Waals surface area contributed by atoms with Gasteiger partial charge >= 0.3 is 0 Å². The number of anilines is 1. The van der Waals surface area contributed by atoms with E-state index in [9.17, 15) is 0 Å². The highest BCUT2D eigenvalue weighted by atomic mass is 16.3. The zero-order valence-electron chi connectivity index (χ0n) is 8.94. The number of aromatic nitrogens is 2. The molecule has 4 heteroatoms. The van der Waals surface area contributed by atoms with Crippen LogP contribution in [0, 0.1) is 0 Å². The molecule has 0 fully saturated rings. The van der Waals surface area contributed by atoms with Crippen LogP contribution in [-0.4, -0.2) is 27.9 Å². The van der Waals surface area contributed by atoms with E-state index in [2.05, 4.69) is 35.9 Å². The van der Waals surface area contributed by atoms with Crippen LogP contribution in [0.5, 0.6) is 0 Å². The Morgan fingerprint density at radius 2 is 2.07 bits per heavy atom. The van der Waals surface area contributed by atoms with Crippen LogP contribution in [0.2, 0.25) is 0 Å². The highest BCUT2D eigenvalue weighted by molar-refractivity contribution is 5.37. The van der Waals surface area contributed by atoms with Gasteiger partial charge in [-0.1, -0.05) is 0 Å². The summed E-state index contributed by atoms with van der Waals surface area (Å²) in [6.07, 6.45) is 0. The maximum absolute atomic E-state index is 8.82. The van der Waals surface area contributed by atoms with Crippen molar-refractivity contribution in [3.05, 3.63) is 17.8 Å². The summed E-state index contributed by atoms with van der Waals surface area (Å²) in [6.45, 7) is 7.17. The van der Waals surface area contributed by atoms with Crippen LogP contribution in [0.3, 0.4) is 0 Å². The summed E-state index contributed by atoms with van der Waals surface area (Å²) in [7, 11) is 0. The molecule has 0 aliphatic carbocycles. The van der Waals surface area contributed by atoms with Gasteiger partial charge in [0, 0.05) is 12.6 Å². The first-order valence-corrected chi connectivity index (χ1v) is 4.89. The van der Waals surface area contributed by atoms with Gasteiger partial charge in [0.2, 0.25) is 0 Å². The van der Waals surface area contributed by atoms with Crippen LogP contribution in [-0.2, 0) is 6.61 Å². The highest BCUT2D eigenvalue weighted by Crippen LogP contribution is 2.12. The minimum Gasteiger partial charge on any atom is -0.390 e. The van der Waals surface area contributed by atoms with Gasteiger partial charge in [-0.3, -0.25) is 0 Å². The molecule has 0 atom stereocenters. The lowest BCUT2D eigenvalue weighted by Gasteiger charge is -2.25. The summed E-state index contributed by atoms with van der Waals surface area (Å²) >= 11 is 0. The molecule has 0 aliphatic heterocycles. The quantitative estimate of drug-likeness (QED) is 0.784. The van der Waals surface area contributed by atoms with Crippen molar-refractivity contribution in [2.24, 2.45) is 0 Å². The van der Waals surface area contributed by atoms with E-state index in [0.29, 0.717) is 11.7 Å². The Morgan fingerprint density at radius 1 is 1.36 bits per heavy atom. The van der Waals surface area contributed by atoms with Crippen LogP contribution >= 0.6 is 0 Å². The van der Waals surface area contributed by atoms with E-state index in [0.717, 1.165) is 12.4 Å². The smallest absolute Gasteiger partial charge is 0.151 e. The van der Waals surface area contributed by atoms with Crippen molar-refractivity contribution in [2.75, 3.05) is 11.4 Å². The molecule has 78 valence electrons. The van der Waals surface area contributed by atoms with Crippen LogP contribution in [0.4, 0.5) is 5.82 Å².